The molecule has 0 saturated carbocycles. The molecule has 1 amide bonds. The van der Waals surface area contributed by atoms with Crippen molar-refractivity contribution >= 4 is 25.9 Å². The Kier molecular flexibility index (Phi) is 18.4. The lowest BCUT2D eigenvalue weighted by molar-refractivity contribution is -0.176. The largest absolute Gasteiger partial charge is 0.470 e. The molecule has 0 spiro atoms. The molecule has 286 valence electrons. The summed E-state index contributed by atoms with van der Waals surface area (Å²) < 4.78 is 24.6. The summed E-state index contributed by atoms with van der Waals surface area (Å²) in [4.78, 5) is 36.2. The number of hydrogen-bond donors (Lipinski definition) is 3. The summed E-state index contributed by atoms with van der Waals surface area (Å²) in [5.74, 6) is -1.22. The molecule has 1 aromatic heterocycles. The maximum Gasteiger partial charge on any atom is 0.255 e. The van der Waals surface area contributed by atoms with E-state index in [1.807, 2.05) is 38.6 Å². The molecular formula is C38H57BN4O9. The fourth-order valence-corrected chi connectivity index (χ4v) is 5.37. The highest BCUT2D eigenvalue weighted by Crippen LogP contribution is 2.28. The van der Waals surface area contributed by atoms with Gasteiger partial charge in [0.05, 0.1) is 24.5 Å². The van der Waals surface area contributed by atoms with Crippen LogP contribution in [0.15, 0.2) is 47.7 Å². The zero-order valence-electron chi connectivity index (χ0n) is 32.0. The van der Waals surface area contributed by atoms with Crippen molar-refractivity contribution in [3.05, 3.63) is 64.5 Å². The first kappa shape index (κ1) is 44.3. The number of nitrogens with zero attached hydrogens (tertiary/aromatic N) is 3. The Labute approximate surface area is 309 Å². The average molecular weight is 725 g/mol. The van der Waals surface area contributed by atoms with Crippen molar-refractivity contribution in [3.63, 3.8) is 0 Å². The molecule has 1 aliphatic heterocycles. The number of aldehydes is 1. The third kappa shape index (κ3) is 15.4. The predicted octanol–water partition coefficient (Wildman–Crippen LogP) is 5.46. The van der Waals surface area contributed by atoms with E-state index < -0.39 is 41.4 Å². The molecule has 1 fully saturated rings. The van der Waals surface area contributed by atoms with Crippen LogP contribution in [0.25, 0.3) is 0 Å². The number of benzene rings is 1. The first-order chi connectivity index (χ1) is 24.6. The summed E-state index contributed by atoms with van der Waals surface area (Å²) in [6.07, 6.45) is 9.31. The molecular weight excluding hydrogens is 667 g/mol. The molecule has 2 radical (unpaired) electrons. The van der Waals surface area contributed by atoms with Gasteiger partial charge in [0.1, 0.15) is 36.0 Å². The Bertz CT molecular complexity index is 1500. The summed E-state index contributed by atoms with van der Waals surface area (Å²) in [7, 11) is 6.12. The average Bonchev–Trinajstić information content (AvgIpc) is 3.58. The first-order valence-electron chi connectivity index (χ1n) is 17.7. The molecule has 3 unspecified atom stereocenters. The zero-order valence-corrected chi connectivity index (χ0v) is 32.0. The predicted molar refractivity (Wildman–Crippen MR) is 198 cm³/mol. The number of ether oxygens (including phenoxy) is 4. The summed E-state index contributed by atoms with van der Waals surface area (Å²) in [5.41, 5.74) is 2.75. The Morgan fingerprint density at radius 1 is 1.13 bits per heavy atom. The number of allylic oxidation sites excluding steroid dienone is 4. The minimum Gasteiger partial charge on any atom is -0.470 e. The van der Waals surface area contributed by atoms with E-state index in [-0.39, 0.29) is 30.8 Å². The SMILES string of the molecule is CO.[B]C(=O)OCc1ccc(OC2CC(O)CC(C=O)O2)c(C(=O)NC(C)(C)CCOC(C)(C)c2cn(CCC/C(C)=C/CC/C(C)=C/C)nn2)c1. The van der Waals surface area contributed by atoms with Gasteiger partial charge in [0.2, 0.25) is 20.0 Å². The molecule has 3 N–H and O–H groups in total. The molecule has 0 aliphatic carbocycles. The monoisotopic (exact) mass is 724 g/mol. The quantitative estimate of drug-likeness (QED) is 0.0955. The third-order valence-electron chi connectivity index (χ3n) is 8.66. The molecule has 2 heterocycles. The van der Waals surface area contributed by atoms with Crippen LogP contribution in [-0.4, -0.2) is 88.9 Å². The lowest BCUT2D eigenvalue weighted by atomic mass is 9.99. The summed E-state index contributed by atoms with van der Waals surface area (Å²) in [5, 5.41) is 28.9. The number of nitrogens with one attached hydrogen (secondary N) is 1. The number of aromatic nitrogens is 3. The van der Waals surface area contributed by atoms with Gasteiger partial charge in [-0.05, 0) is 98.3 Å². The van der Waals surface area contributed by atoms with Crippen LogP contribution in [0, 0.1) is 0 Å². The molecule has 2 aromatic rings. The summed E-state index contributed by atoms with van der Waals surface area (Å²) in [6, 6.07) is 4.70. The van der Waals surface area contributed by atoms with Gasteiger partial charge < -0.3 is 39.3 Å². The minimum atomic E-state index is -0.948. The Hall–Kier alpha value is -3.85. The third-order valence-corrected chi connectivity index (χ3v) is 8.66. The van der Waals surface area contributed by atoms with Gasteiger partial charge in [0.15, 0.2) is 0 Å². The van der Waals surface area contributed by atoms with Crippen LogP contribution in [0.4, 0.5) is 4.79 Å². The smallest absolute Gasteiger partial charge is 0.255 e. The number of aliphatic hydroxyl groups is 2. The molecule has 1 aliphatic rings. The van der Waals surface area contributed by atoms with Gasteiger partial charge in [-0.2, -0.15) is 0 Å². The van der Waals surface area contributed by atoms with Gasteiger partial charge in [-0.15, -0.1) is 5.10 Å². The maximum absolute atomic E-state index is 13.7. The van der Waals surface area contributed by atoms with Gasteiger partial charge in [-0.25, -0.2) is 0 Å². The normalized spacial score (nSPS) is 18.2. The molecule has 14 heteroatoms. The van der Waals surface area contributed by atoms with Crippen LogP contribution in [0.3, 0.4) is 0 Å². The number of carbonyl (C=O) groups excluding carboxylic acids is 3. The number of aliphatic hydroxyl groups excluding tert-OH is 2. The number of amides is 1. The zero-order chi connectivity index (χ0) is 38.9. The fraction of sp³-hybridized carbons (Fsp3) is 0.605. The van der Waals surface area contributed by atoms with Gasteiger partial charge in [-0.3, -0.25) is 14.3 Å². The van der Waals surface area contributed by atoms with E-state index in [0.29, 0.717) is 24.9 Å². The number of aryl methyl sites for hydroxylation is 1. The number of carbonyl (C=O) groups is 3. The van der Waals surface area contributed by atoms with Gasteiger partial charge in [-0.1, -0.05) is 34.6 Å². The van der Waals surface area contributed by atoms with E-state index in [0.717, 1.165) is 45.0 Å². The van der Waals surface area contributed by atoms with E-state index in [2.05, 4.69) is 48.6 Å². The van der Waals surface area contributed by atoms with Crippen molar-refractivity contribution in [1.29, 1.82) is 0 Å². The van der Waals surface area contributed by atoms with Crippen LogP contribution in [-0.2, 0) is 37.8 Å². The maximum atomic E-state index is 13.7. The van der Waals surface area contributed by atoms with Crippen LogP contribution < -0.4 is 10.1 Å². The fourth-order valence-electron chi connectivity index (χ4n) is 5.37. The molecule has 1 saturated heterocycles. The summed E-state index contributed by atoms with van der Waals surface area (Å²) >= 11 is 0. The van der Waals surface area contributed by atoms with Crippen molar-refractivity contribution in [2.75, 3.05) is 13.7 Å². The molecule has 3 atom stereocenters. The lowest BCUT2D eigenvalue weighted by Gasteiger charge is -2.32. The Morgan fingerprint density at radius 2 is 1.87 bits per heavy atom. The van der Waals surface area contributed by atoms with E-state index in [4.69, 9.17) is 31.9 Å². The number of rotatable bonds is 19. The molecule has 3 rings (SSSR count). The molecule has 0 bridgehead atoms. The standard InChI is InChI=1S/C37H53BN4O8.CH4O/c1-8-25(2)11-9-12-26(3)13-10-17-42-22-32(40-41-42)37(6,7)48-18-16-36(4,5)39-34(45)30-19-27(24-47-35(38)46)14-15-31(30)50-33-21-28(44)20-29(23-43)49-33;1-2/h8,12,14-15,19,22-23,28-29,33,44H,9-11,13,16-18,20-21,24H2,1-7H3,(H,39,45);2H,1H3/b25-8+,26-12+;. The van der Waals surface area contributed by atoms with Crippen LogP contribution in [0.1, 0.15) is 115 Å². The minimum absolute atomic E-state index is 0.123. The Balaban J connectivity index is 0.00000460. The highest BCUT2D eigenvalue weighted by molar-refractivity contribution is 6.55. The van der Waals surface area contributed by atoms with E-state index in [1.54, 1.807) is 12.1 Å². The summed E-state index contributed by atoms with van der Waals surface area (Å²) in [6.45, 7) is 15.0. The molecule has 13 nitrogen and oxygen atoms in total. The second-order valence-electron chi connectivity index (χ2n) is 14.1. The van der Waals surface area contributed by atoms with Crippen molar-refractivity contribution in [2.45, 2.75) is 136 Å². The Morgan fingerprint density at radius 3 is 2.54 bits per heavy atom. The van der Waals surface area contributed by atoms with Crippen LogP contribution in [0.5, 0.6) is 5.75 Å². The van der Waals surface area contributed by atoms with Crippen molar-refractivity contribution in [1.82, 2.24) is 20.3 Å². The second-order valence-corrected chi connectivity index (χ2v) is 14.1. The van der Waals surface area contributed by atoms with Gasteiger partial charge in [0, 0.05) is 32.0 Å². The van der Waals surface area contributed by atoms with E-state index in [1.165, 1.54) is 17.2 Å². The van der Waals surface area contributed by atoms with Crippen molar-refractivity contribution in [2.24, 2.45) is 0 Å². The van der Waals surface area contributed by atoms with Gasteiger partial charge >= 0.3 is 0 Å². The van der Waals surface area contributed by atoms with Crippen molar-refractivity contribution < 1.29 is 43.5 Å². The first-order valence-corrected chi connectivity index (χ1v) is 17.7. The van der Waals surface area contributed by atoms with Crippen LogP contribution >= 0.6 is 0 Å². The van der Waals surface area contributed by atoms with Crippen molar-refractivity contribution in [3.8, 4) is 5.75 Å². The number of hydrogen-bond acceptors (Lipinski definition) is 11. The lowest BCUT2D eigenvalue weighted by Crippen LogP contribution is -2.45. The topological polar surface area (TPSA) is 171 Å². The van der Waals surface area contributed by atoms with E-state index in [9.17, 15) is 19.5 Å². The molecule has 1 aromatic carbocycles. The van der Waals surface area contributed by atoms with Gasteiger partial charge in [0.25, 0.3) is 5.91 Å². The highest BCUT2D eigenvalue weighted by Gasteiger charge is 2.32. The molecule has 52 heavy (non-hydrogen) atoms. The van der Waals surface area contributed by atoms with E-state index >= 15 is 0 Å². The second kappa shape index (κ2) is 21.6. The highest BCUT2D eigenvalue weighted by atomic mass is 16.7. The van der Waals surface area contributed by atoms with Crippen LogP contribution in [0.2, 0.25) is 0 Å².